The van der Waals surface area contributed by atoms with Gasteiger partial charge in [-0.2, -0.15) is 0 Å². The number of hydrogen-bond donors (Lipinski definition) is 2. The van der Waals surface area contributed by atoms with Crippen molar-refractivity contribution in [1.29, 1.82) is 0 Å². The number of hydrogen-bond acceptors (Lipinski definition) is 3. The highest BCUT2D eigenvalue weighted by atomic mass is 16.5. The Morgan fingerprint density at radius 2 is 1.47 bits per heavy atom. The second kappa shape index (κ2) is 10.3. The first-order chi connectivity index (χ1) is 14.4. The van der Waals surface area contributed by atoms with E-state index in [1.807, 2.05) is 43.0 Å². The first-order valence-corrected chi connectivity index (χ1v) is 10.5. The average Bonchev–Trinajstić information content (AvgIpc) is 2.74. The Bertz CT molecular complexity index is 852. The highest BCUT2D eigenvalue weighted by molar-refractivity contribution is 5.94. The SMILES string of the molecule is CN=C(NCc1ccc(C)cc1)NCc1ccc(C(=O)N2CC(C)OC(C)C2)cc1. The number of carbonyl (C=O) groups excluding carboxylic acids is 1. The standard InChI is InChI=1S/C24H32N4O2/c1-17-5-7-20(8-6-17)13-26-24(25-4)27-14-21-9-11-22(12-10-21)23(29)28-15-18(2)30-19(3)16-28/h5-12,18-19H,13-16H2,1-4H3,(H2,25,26,27). The summed E-state index contributed by atoms with van der Waals surface area (Å²) < 4.78 is 5.72. The van der Waals surface area contributed by atoms with Gasteiger partial charge in [0, 0.05) is 38.8 Å². The molecule has 0 spiro atoms. The fraction of sp³-hybridized carbons (Fsp3) is 0.417. The molecule has 2 aromatic carbocycles. The minimum atomic E-state index is 0.0621. The van der Waals surface area contributed by atoms with Crippen LogP contribution < -0.4 is 10.6 Å². The molecule has 30 heavy (non-hydrogen) atoms. The monoisotopic (exact) mass is 408 g/mol. The predicted octanol–water partition coefficient (Wildman–Crippen LogP) is 3.11. The van der Waals surface area contributed by atoms with Gasteiger partial charge in [-0.05, 0) is 44.0 Å². The van der Waals surface area contributed by atoms with Crippen LogP contribution in [0.25, 0.3) is 0 Å². The summed E-state index contributed by atoms with van der Waals surface area (Å²) in [5, 5.41) is 6.64. The van der Waals surface area contributed by atoms with Crippen molar-refractivity contribution < 1.29 is 9.53 Å². The van der Waals surface area contributed by atoms with Crippen LogP contribution in [0.5, 0.6) is 0 Å². The van der Waals surface area contributed by atoms with Gasteiger partial charge in [0.25, 0.3) is 5.91 Å². The molecule has 0 radical (unpaired) electrons. The van der Waals surface area contributed by atoms with Crippen molar-refractivity contribution in [3.05, 3.63) is 70.8 Å². The summed E-state index contributed by atoms with van der Waals surface area (Å²) in [6, 6.07) is 16.2. The van der Waals surface area contributed by atoms with E-state index in [1.54, 1.807) is 7.05 Å². The van der Waals surface area contributed by atoms with E-state index in [-0.39, 0.29) is 18.1 Å². The number of benzene rings is 2. The Hall–Kier alpha value is -2.86. The highest BCUT2D eigenvalue weighted by Gasteiger charge is 2.26. The minimum Gasteiger partial charge on any atom is -0.372 e. The van der Waals surface area contributed by atoms with Crippen molar-refractivity contribution >= 4 is 11.9 Å². The third-order valence-corrected chi connectivity index (χ3v) is 5.17. The lowest BCUT2D eigenvalue weighted by Gasteiger charge is -2.35. The van der Waals surface area contributed by atoms with E-state index < -0.39 is 0 Å². The fourth-order valence-corrected chi connectivity index (χ4v) is 3.59. The van der Waals surface area contributed by atoms with Gasteiger partial charge in [-0.3, -0.25) is 9.79 Å². The third kappa shape index (κ3) is 6.07. The Morgan fingerprint density at radius 1 is 0.967 bits per heavy atom. The van der Waals surface area contributed by atoms with E-state index in [4.69, 9.17) is 4.74 Å². The van der Waals surface area contributed by atoms with Gasteiger partial charge in [-0.25, -0.2) is 0 Å². The number of nitrogens with zero attached hydrogens (tertiary/aromatic N) is 2. The molecule has 1 aliphatic rings. The summed E-state index contributed by atoms with van der Waals surface area (Å²) in [7, 11) is 1.76. The number of aliphatic imine (C=N–C) groups is 1. The second-order valence-electron chi connectivity index (χ2n) is 7.93. The maximum Gasteiger partial charge on any atom is 0.254 e. The van der Waals surface area contributed by atoms with Crippen molar-refractivity contribution in [2.75, 3.05) is 20.1 Å². The third-order valence-electron chi connectivity index (χ3n) is 5.17. The number of nitrogens with one attached hydrogen (secondary N) is 2. The van der Waals surface area contributed by atoms with E-state index in [2.05, 4.69) is 46.8 Å². The molecule has 6 nitrogen and oxygen atoms in total. The number of morpholine rings is 1. The van der Waals surface area contributed by atoms with Crippen LogP contribution in [0.1, 0.15) is 40.9 Å². The lowest BCUT2D eigenvalue weighted by Crippen LogP contribution is -2.48. The maximum atomic E-state index is 12.8. The number of aryl methyl sites for hydroxylation is 1. The van der Waals surface area contributed by atoms with Crippen LogP contribution in [-0.4, -0.2) is 49.1 Å². The molecule has 0 aliphatic carbocycles. The van der Waals surface area contributed by atoms with E-state index in [9.17, 15) is 4.79 Å². The fourth-order valence-electron chi connectivity index (χ4n) is 3.59. The van der Waals surface area contributed by atoms with Crippen LogP contribution in [0.2, 0.25) is 0 Å². The van der Waals surface area contributed by atoms with E-state index in [1.165, 1.54) is 11.1 Å². The normalized spacial score (nSPS) is 19.5. The molecule has 3 rings (SSSR count). The lowest BCUT2D eigenvalue weighted by molar-refractivity contribution is -0.0586. The minimum absolute atomic E-state index is 0.0621. The van der Waals surface area contributed by atoms with Crippen LogP contribution in [0.3, 0.4) is 0 Å². The summed E-state index contributed by atoms with van der Waals surface area (Å²) in [5.74, 6) is 0.805. The molecule has 0 bridgehead atoms. The maximum absolute atomic E-state index is 12.8. The van der Waals surface area contributed by atoms with Crippen molar-refractivity contribution in [3.8, 4) is 0 Å². The predicted molar refractivity (Wildman–Crippen MR) is 121 cm³/mol. The Kier molecular flexibility index (Phi) is 7.46. The smallest absolute Gasteiger partial charge is 0.254 e. The molecule has 2 atom stereocenters. The zero-order chi connectivity index (χ0) is 21.5. The zero-order valence-corrected chi connectivity index (χ0v) is 18.3. The first kappa shape index (κ1) is 21.8. The molecule has 1 aliphatic heterocycles. The van der Waals surface area contributed by atoms with Crippen LogP contribution in [-0.2, 0) is 17.8 Å². The van der Waals surface area contributed by atoms with Gasteiger partial charge in [-0.1, -0.05) is 42.0 Å². The Labute approximate surface area is 179 Å². The summed E-state index contributed by atoms with van der Waals surface area (Å²) in [6.07, 6.45) is 0.140. The molecule has 2 N–H and O–H groups in total. The highest BCUT2D eigenvalue weighted by Crippen LogP contribution is 2.15. The van der Waals surface area contributed by atoms with Gasteiger partial charge in [-0.15, -0.1) is 0 Å². The van der Waals surface area contributed by atoms with Crippen LogP contribution in [0.4, 0.5) is 0 Å². The van der Waals surface area contributed by atoms with Crippen molar-refractivity contribution in [1.82, 2.24) is 15.5 Å². The van der Waals surface area contributed by atoms with E-state index in [0.717, 1.165) is 11.5 Å². The number of ether oxygens (including phenoxy) is 1. The molecule has 1 heterocycles. The molecule has 2 aromatic rings. The van der Waals surface area contributed by atoms with E-state index >= 15 is 0 Å². The molecular weight excluding hydrogens is 376 g/mol. The molecule has 1 fully saturated rings. The van der Waals surface area contributed by atoms with E-state index in [0.29, 0.717) is 31.7 Å². The molecule has 6 heteroatoms. The molecule has 0 saturated carbocycles. The summed E-state index contributed by atoms with van der Waals surface area (Å²) in [5.41, 5.74) is 4.26. The Morgan fingerprint density at radius 3 is 1.97 bits per heavy atom. The second-order valence-corrected chi connectivity index (χ2v) is 7.93. The largest absolute Gasteiger partial charge is 0.372 e. The number of carbonyl (C=O) groups is 1. The Balaban J connectivity index is 1.50. The van der Waals surface area contributed by atoms with Crippen molar-refractivity contribution in [2.45, 2.75) is 46.1 Å². The zero-order valence-electron chi connectivity index (χ0n) is 18.3. The quantitative estimate of drug-likeness (QED) is 0.589. The lowest BCUT2D eigenvalue weighted by atomic mass is 10.1. The van der Waals surface area contributed by atoms with Gasteiger partial charge >= 0.3 is 0 Å². The van der Waals surface area contributed by atoms with Crippen molar-refractivity contribution in [2.24, 2.45) is 4.99 Å². The number of guanidine groups is 1. The summed E-state index contributed by atoms with van der Waals surface area (Å²) in [6.45, 7) is 8.70. The molecule has 1 amide bonds. The van der Waals surface area contributed by atoms with Gasteiger partial charge in [0.15, 0.2) is 5.96 Å². The van der Waals surface area contributed by atoms with Gasteiger partial charge in [0.1, 0.15) is 0 Å². The summed E-state index contributed by atoms with van der Waals surface area (Å²) in [4.78, 5) is 18.9. The van der Waals surface area contributed by atoms with Gasteiger partial charge in [0.2, 0.25) is 0 Å². The first-order valence-electron chi connectivity index (χ1n) is 10.5. The molecule has 0 aromatic heterocycles. The van der Waals surface area contributed by atoms with Gasteiger partial charge < -0.3 is 20.3 Å². The average molecular weight is 409 g/mol. The molecule has 160 valence electrons. The van der Waals surface area contributed by atoms with Crippen LogP contribution >= 0.6 is 0 Å². The van der Waals surface area contributed by atoms with Crippen molar-refractivity contribution in [3.63, 3.8) is 0 Å². The van der Waals surface area contributed by atoms with Crippen LogP contribution in [0.15, 0.2) is 53.5 Å². The summed E-state index contributed by atoms with van der Waals surface area (Å²) >= 11 is 0. The number of amides is 1. The number of rotatable bonds is 5. The topological polar surface area (TPSA) is 66.0 Å². The van der Waals surface area contributed by atoms with Crippen LogP contribution in [0, 0.1) is 6.92 Å². The molecule has 1 saturated heterocycles. The van der Waals surface area contributed by atoms with Gasteiger partial charge in [0.05, 0.1) is 12.2 Å². The molecule has 2 unspecified atom stereocenters. The molecular formula is C24H32N4O2.